The summed E-state index contributed by atoms with van der Waals surface area (Å²) in [5, 5.41) is 4.61. The normalized spacial score (nSPS) is 14.6. The van der Waals surface area contributed by atoms with Crippen LogP contribution in [0.15, 0.2) is 84.9 Å². The van der Waals surface area contributed by atoms with Crippen molar-refractivity contribution in [2.24, 2.45) is 0 Å². The SMILES string of the molecule is CC#CC(C)(OC(C)(C#CC)c1cccc2ccccc12)c1cccc2ccccc12. The van der Waals surface area contributed by atoms with Crippen molar-refractivity contribution in [3.05, 3.63) is 96.1 Å². The van der Waals surface area contributed by atoms with Gasteiger partial charge in [0.1, 0.15) is 0 Å². The van der Waals surface area contributed by atoms with Gasteiger partial charge in [-0.2, -0.15) is 0 Å². The van der Waals surface area contributed by atoms with Crippen molar-refractivity contribution in [2.45, 2.75) is 38.9 Å². The van der Waals surface area contributed by atoms with Gasteiger partial charge in [-0.25, -0.2) is 0 Å². The third-order valence-electron chi connectivity index (χ3n) is 5.74. The van der Waals surface area contributed by atoms with E-state index in [1.165, 1.54) is 10.8 Å². The molecule has 31 heavy (non-hydrogen) atoms. The molecule has 4 aromatic rings. The third kappa shape index (κ3) is 3.82. The Bertz CT molecular complexity index is 1260. The van der Waals surface area contributed by atoms with Crippen LogP contribution in [0.2, 0.25) is 0 Å². The van der Waals surface area contributed by atoms with Gasteiger partial charge >= 0.3 is 0 Å². The molecule has 0 saturated heterocycles. The first-order chi connectivity index (χ1) is 15.0. The van der Waals surface area contributed by atoms with Crippen LogP contribution in [0, 0.1) is 23.7 Å². The minimum Gasteiger partial charge on any atom is -0.335 e. The first kappa shape index (κ1) is 20.7. The van der Waals surface area contributed by atoms with Crippen molar-refractivity contribution in [3.8, 4) is 23.7 Å². The van der Waals surface area contributed by atoms with Gasteiger partial charge in [-0.1, -0.05) is 96.8 Å². The molecule has 0 aromatic heterocycles. The predicted molar refractivity (Wildman–Crippen MR) is 131 cm³/mol. The van der Waals surface area contributed by atoms with Gasteiger partial charge in [0.15, 0.2) is 11.2 Å². The van der Waals surface area contributed by atoms with E-state index in [0.717, 1.165) is 21.9 Å². The standard InChI is InChI=1S/C30H26O/c1-5-21-29(3,27-19-11-15-23-13-7-9-17-25(23)27)31-30(4,22-6-2)28-20-12-16-24-14-8-10-18-26(24)28/h7-20H,1-4H3. The highest BCUT2D eigenvalue weighted by Gasteiger charge is 2.38. The van der Waals surface area contributed by atoms with Gasteiger partial charge in [-0.15, -0.1) is 11.8 Å². The molecular formula is C30H26O. The maximum absolute atomic E-state index is 6.95. The minimum atomic E-state index is -0.842. The number of ether oxygens (including phenoxy) is 1. The van der Waals surface area contributed by atoms with Gasteiger partial charge < -0.3 is 4.74 Å². The average molecular weight is 403 g/mol. The van der Waals surface area contributed by atoms with Crippen LogP contribution in [0.1, 0.15) is 38.8 Å². The highest BCUT2D eigenvalue weighted by Crippen LogP contribution is 2.40. The van der Waals surface area contributed by atoms with Gasteiger partial charge in [-0.3, -0.25) is 0 Å². The van der Waals surface area contributed by atoms with E-state index in [0.29, 0.717) is 0 Å². The van der Waals surface area contributed by atoms with E-state index in [1.54, 1.807) is 0 Å². The summed E-state index contributed by atoms with van der Waals surface area (Å²) in [5.74, 6) is 12.9. The molecule has 0 heterocycles. The first-order valence-electron chi connectivity index (χ1n) is 10.6. The molecule has 0 amide bonds. The van der Waals surface area contributed by atoms with Gasteiger partial charge in [0.25, 0.3) is 0 Å². The lowest BCUT2D eigenvalue weighted by atomic mass is 9.87. The van der Waals surface area contributed by atoms with Crippen LogP contribution in [0.4, 0.5) is 0 Å². The van der Waals surface area contributed by atoms with Gasteiger partial charge in [0.05, 0.1) is 0 Å². The second-order valence-electron chi connectivity index (χ2n) is 7.97. The fraction of sp³-hybridized carbons (Fsp3) is 0.200. The van der Waals surface area contributed by atoms with E-state index in [2.05, 4.69) is 109 Å². The molecule has 1 heteroatoms. The molecule has 2 unspecified atom stereocenters. The summed E-state index contributed by atoms with van der Waals surface area (Å²) < 4.78 is 6.95. The topological polar surface area (TPSA) is 9.23 Å². The van der Waals surface area contributed by atoms with E-state index in [9.17, 15) is 0 Å². The summed E-state index contributed by atoms with van der Waals surface area (Å²) in [7, 11) is 0. The van der Waals surface area contributed by atoms with Crippen molar-refractivity contribution in [2.75, 3.05) is 0 Å². The van der Waals surface area contributed by atoms with E-state index < -0.39 is 11.2 Å². The van der Waals surface area contributed by atoms with Crippen LogP contribution in [-0.2, 0) is 15.9 Å². The Labute approximate surface area is 185 Å². The van der Waals surface area contributed by atoms with Crippen LogP contribution in [-0.4, -0.2) is 0 Å². The molecule has 0 saturated carbocycles. The second kappa shape index (κ2) is 8.31. The smallest absolute Gasteiger partial charge is 0.154 e. The molecule has 0 fully saturated rings. The van der Waals surface area contributed by atoms with Crippen LogP contribution < -0.4 is 0 Å². The Morgan fingerprint density at radius 1 is 0.548 bits per heavy atom. The van der Waals surface area contributed by atoms with E-state index >= 15 is 0 Å². The maximum Gasteiger partial charge on any atom is 0.154 e. The summed E-state index contributed by atoms with van der Waals surface area (Å²) >= 11 is 0. The molecule has 0 N–H and O–H groups in total. The number of hydrogen-bond acceptors (Lipinski definition) is 1. The highest BCUT2D eigenvalue weighted by atomic mass is 16.5. The van der Waals surface area contributed by atoms with Crippen molar-refractivity contribution >= 4 is 21.5 Å². The predicted octanol–water partition coefficient (Wildman–Crippen LogP) is 7.19. The number of fused-ring (bicyclic) bond motifs is 2. The second-order valence-corrected chi connectivity index (χ2v) is 7.97. The fourth-order valence-corrected chi connectivity index (χ4v) is 4.46. The van der Waals surface area contributed by atoms with Crippen molar-refractivity contribution in [1.29, 1.82) is 0 Å². The van der Waals surface area contributed by atoms with Gasteiger partial charge in [0, 0.05) is 11.1 Å². The van der Waals surface area contributed by atoms with E-state index in [-0.39, 0.29) is 0 Å². The van der Waals surface area contributed by atoms with Crippen LogP contribution in [0.25, 0.3) is 21.5 Å². The molecule has 0 aliphatic heterocycles. The lowest BCUT2D eigenvalue weighted by molar-refractivity contribution is -0.0848. The minimum absolute atomic E-state index is 0.842. The zero-order valence-corrected chi connectivity index (χ0v) is 18.5. The zero-order chi connectivity index (χ0) is 21.9. The molecule has 2 atom stereocenters. The van der Waals surface area contributed by atoms with Crippen LogP contribution in [0.5, 0.6) is 0 Å². The molecule has 0 radical (unpaired) electrons. The first-order valence-corrected chi connectivity index (χ1v) is 10.6. The van der Waals surface area contributed by atoms with E-state index in [1.807, 2.05) is 27.7 Å². The largest absolute Gasteiger partial charge is 0.335 e. The molecular weight excluding hydrogens is 376 g/mol. The van der Waals surface area contributed by atoms with Crippen molar-refractivity contribution in [3.63, 3.8) is 0 Å². The van der Waals surface area contributed by atoms with Gasteiger partial charge in [0.2, 0.25) is 0 Å². The summed E-state index contributed by atoms with van der Waals surface area (Å²) in [6.45, 7) is 7.80. The third-order valence-corrected chi connectivity index (χ3v) is 5.74. The average Bonchev–Trinajstić information content (AvgIpc) is 2.78. The molecule has 0 bridgehead atoms. The summed E-state index contributed by atoms with van der Waals surface area (Å²) in [4.78, 5) is 0. The lowest BCUT2D eigenvalue weighted by Crippen LogP contribution is -2.36. The Morgan fingerprint density at radius 2 is 0.935 bits per heavy atom. The summed E-state index contributed by atoms with van der Waals surface area (Å²) in [6.07, 6.45) is 0. The summed E-state index contributed by atoms with van der Waals surface area (Å²) in [6, 6.07) is 29.3. The molecule has 152 valence electrons. The fourth-order valence-electron chi connectivity index (χ4n) is 4.46. The Hall–Kier alpha value is -3.52. The molecule has 0 spiro atoms. The zero-order valence-electron chi connectivity index (χ0n) is 18.5. The van der Waals surface area contributed by atoms with E-state index in [4.69, 9.17) is 4.74 Å². The lowest BCUT2D eigenvalue weighted by Gasteiger charge is -2.36. The monoisotopic (exact) mass is 402 g/mol. The Morgan fingerprint density at radius 3 is 1.35 bits per heavy atom. The number of rotatable bonds is 4. The van der Waals surface area contributed by atoms with Gasteiger partial charge in [-0.05, 0) is 49.2 Å². The quantitative estimate of drug-likeness (QED) is 0.328. The Kier molecular flexibility index (Phi) is 5.56. The molecule has 1 nitrogen and oxygen atoms in total. The number of benzene rings is 4. The molecule has 0 aliphatic rings. The molecule has 0 aliphatic carbocycles. The van der Waals surface area contributed by atoms with Crippen LogP contribution in [0.3, 0.4) is 0 Å². The molecule has 4 rings (SSSR count). The highest BCUT2D eigenvalue weighted by molar-refractivity contribution is 5.88. The maximum atomic E-state index is 6.95. The van der Waals surface area contributed by atoms with Crippen molar-refractivity contribution < 1.29 is 4.74 Å². The summed E-state index contributed by atoms with van der Waals surface area (Å²) in [5.41, 5.74) is 0.407. The Balaban J connectivity index is 1.94. The van der Waals surface area contributed by atoms with Crippen molar-refractivity contribution in [1.82, 2.24) is 0 Å². The van der Waals surface area contributed by atoms with Crippen LogP contribution >= 0.6 is 0 Å². The number of hydrogen-bond donors (Lipinski definition) is 0. The molecule has 4 aromatic carbocycles.